The average Bonchev–Trinajstić information content (AvgIpc) is 3.71. The molecule has 0 saturated carbocycles. The lowest BCUT2D eigenvalue weighted by Gasteiger charge is -2.27. The number of aryl methyl sites for hydroxylation is 2. The first kappa shape index (κ1) is 32.9. The summed E-state index contributed by atoms with van der Waals surface area (Å²) in [4.78, 5) is 33.3. The second-order valence-electron chi connectivity index (χ2n) is 11.2. The molecular formula is C33H28F6N6O3. The highest BCUT2D eigenvalue weighted by Gasteiger charge is 2.33. The second-order valence-corrected chi connectivity index (χ2v) is 11.2. The van der Waals surface area contributed by atoms with E-state index in [2.05, 4.69) is 21.0 Å². The SMILES string of the molecule is C=CC(=O)N(Cc1nc2c(c(-c3ccc(OC(F)(F)F)cc3)n1)CCC2)C(N)c1nc2c(c(-c3ccc(OC(F)(F)F)cc3)n1)CCC2. The van der Waals surface area contributed by atoms with Gasteiger partial charge in [-0.05, 0) is 93.1 Å². The summed E-state index contributed by atoms with van der Waals surface area (Å²) in [5.41, 5.74) is 11.9. The summed E-state index contributed by atoms with van der Waals surface area (Å²) < 4.78 is 84.2. The van der Waals surface area contributed by atoms with Crippen molar-refractivity contribution < 1.29 is 40.6 Å². The third kappa shape index (κ3) is 7.25. The number of fused-ring (bicyclic) bond motifs is 2. The molecule has 2 aliphatic carbocycles. The van der Waals surface area contributed by atoms with Crippen molar-refractivity contribution in [2.24, 2.45) is 5.73 Å². The quantitative estimate of drug-likeness (QED) is 0.121. The predicted octanol–water partition coefficient (Wildman–Crippen LogP) is 6.55. The van der Waals surface area contributed by atoms with E-state index in [9.17, 15) is 31.1 Å². The third-order valence-corrected chi connectivity index (χ3v) is 8.02. The summed E-state index contributed by atoms with van der Waals surface area (Å²) in [6.07, 6.45) is -5.57. The molecule has 2 N–H and O–H groups in total. The molecular weight excluding hydrogens is 642 g/mol. The van der Waals surface area contributed by atoms with Gasteiger partial charge >= 0.3 is 12.7 Å². The Balaban J connectivity index is 1.32. The second kappa shape index (κ2) is 12.9. The molecule has 2 aromatic heterocycles. The topological polar surface area (TPSA) is 116 Å². The number of ether oxygens (including phenoxy) is 2. The number of halogens is 6. The molecule has 1 unspecified atom stereocenters. The van der Waals surface area contributed by atoms with Crippen LogP contribution in [-0.2, 0) is 37.0 Å². The molecule has 0 bridgehead atoms. The number of rotatable bonds is 9. The summed E-state index contributed by atoms with van der Waals surface area (Å²) in [6, 6.07) is 10.7. The third-order valence-electron chi connectivity index (χ3n) is 8.02. The number of alkyl halides is 6. The first-order chi connectivity index (χ1) is 22.8. The van der Waals surface area contributed by atoms with Gasteiger partial charge in [-0.1, -0.05) is 6.58 Å². The average molecular weight is 671 g/mol. The summed E-state index contributed by atoms with van der Waals surface area (Å²) in [6.45, 7) is 3.43. The van der Waals surface area contributed by atoms with E-state index in [1.165, 1.54) is 53.4 Å². The number of amides is 1. The van der Waals surface area contributed by atoms with Crippen molar-refractivity contribution in [1.82, 2.24) is 24.8 Å². The van der Waals surface area contributed by atoms with Crippen LogP contribution in [0.1, 0.15) is 53.2 Å². The number of benzene rings is 2. The van der Waals surface area contributed by atoms with Crippen molar-refractivity contribution in [2.45, 2.75) is 64.0 Å². The standard InChI is InChI=1S/C33H28F6N6O3/c1-2-27(46)45(17-26-41-24-7-3-5-22(24)28(43-26)18-9-13-20(14-10-18)47-32(34,35)36)30(40)31-42-25-8-4-6-23(25)29(44-31)19-11-15-21(16-12-19)48-33(37,38)39/h2,9-16,30H,1,3-8,17,40H2. The van der Waals surface area contributed by atoms with Crippen LogP contribution in [0.2, 0.25) is 0 Å². The number of hydrogen-bond donors (Lipinski definition) is 1. The Hall–Kier alpha value is -5.05. The van der Waals surface area contributed by atoms with E-state index < -0.39 is 24.8 Å². The summed E-state index contributed by atoms with van der Waals surface area (Å²) >= 11 is 0. The molecule has 0 fully saturated rings. The molecule has 48 heavy (non-hydrogen) atoms. The van der Waals surface area contributed by atoms with Crippen molar-refractivity contribution >= 4 is 5.91 Å². The van der Waals surface area contributed by atoms with E-state index in [1.807, 2.05) is 0 Å². The van der Waals surface area contributed by atoms with Gasteiger partial charge in [-0.2, -0.15) is 0 Å². The Morgan fingerprint density at radius 1 is 0.771 bits per heavy atom. The maximum Gasteiger partial charge on any atom is 0.573 e. The monoisotopic (exact) mass is 670 g/mol. The first-order valence-electron chi connectivity index (χ1n) is 15.0. The zero-order chi connectivity index (χ0) is 34.2. The van der Waals surface area contributed by atoms with Crippen molar-refractivity contribution in [1.29, 1.82) is 0 Å². The Morgan fingerprint density at radius 2 is 1.25 bits per heavy atom. The molecule has 9 nitrogen and oxygen atoms in total. The number of carbonyl (C=O) groups excluding carboxylic acids is 1. The van der Waals surface area contributed by atoms with Crippen LogP contribution in [0.25, 0.3) is 22.5 Å². The van der Waals surface area contributed by atoms with Crippen LogP contribution in [0.15, 0.2) is 61.2 Å². The van der Waals surface area contributed by atoms with Crippen LogP contribution in [-0.4, -0.2) is 43.5 Å². The lowest BCUT2D eigenvalue weighted by atomic mass is 10.0. The smallest absolute Gasteiger partial charge is 0.406 e. The Morgan fingerprint density at radius 3 is 1.73 bits per heavy atom. The number of carbonyl (C=O) groups is 1. The normalized spacial score (nSPS) is 14.6. The zero-order valence-electron chi connectivity index (χ0n) is 25.2. The first-order valence-corrected chi connectivity index (χ1v) is 15.0. The summed E-state index contributed by atoms with van der Waals surface area (Å²) in [5.74, 6) is -0.950. The Kier molecular flexibility index (Phi) is 8.81. The molecule has 15 heteroatoms. The van der Waals surface area contributed by atoms with Gasteiger partial charge in [-0.3, -0.25) is 4.79 Å². The molecule has 0 radical (unpaired) electrons. The molecule has 0 saturated heterocycles. The molecule has 0 spiro atoms. The van der Waals surface area contributed by atoms with Gasteiger partial charge in [-0.15, -0.1) is 26.3 Å². The van der Waals surface area contributed by atoms with Crippen LogP contribution >= 0.6 is 0 Å². The highest BCUT2D eigenvalue weighted by atomic mass is 19.4. The van der Waals surface area contributed by atoms with Gasteiger partial charge in [-0.25, -0.2) is 19.9 Å². The predicted molar refractivity (Wildman–Crippen MR) is 160 cm³/mol. The molecule has 1 atom stereocenters. The maximum atomic E-state index is 13.2. The summed E-state index contributed by atoms with van der Waals surface area (Å²) in [5, 5.41) is 0. The Bertz CT molecular complexity index is 1850. The fourth-order valence-electron chi connectivity index (χ4n) is 5.97. The lowest BCUT2D eigenvalue weighted by Crippen LogP contribution is -2.39. The molecule has 4 aromatic rings. The number of nitrogens with zero attached hydrogens (tertiary/aromatic N) is 5. The number of aromatic nitrogens is 4. The van der Waals surface area contributed by atoms with Crippen LogP contribution < -0.4 is 15.2 Å². The maximum absolute atomic E-state index is 13.2. The van der Waals surface area contributed by atoms with E-state index >= 15 is 0 Å². The number of nitrogens with two attached hydrogens (primary N) is 1. The zero-order valence-corrected chi connectivity index (χ0v) is 25.2. The molecule has 1 amide bonds. The van der Waals surface area contributed by atoms with E-state index in [1.54, 1.807) is 0 Å². The van der Waals surface area contributed by atoms with Gasteiger partial charge < -0.3 is 20.1 Å². The van der Waals surface area contributed by atoms with Crippen LogP contribution in [0.5, 0.6) is 11.5 Å². The van der Waals surface area contributed by atoms with E-state index in [-0.39, 0.29) is 29.7 Å². The summed E-state index contributed by atoms with van der Waals surface area (Å²) in [7, 11) is 0. The van der Waals surface area contributed by atoms with Crippen molar-refractivity contribution in [2.75, 3.05) is 0 Å². The molecule has 6 rings (SSSR count). The van der Waals surface area contributed by atoms with E-state index in [0.29, 0.717) is 48.2 Å². The highest BCUT2D eigenvalue weighted by Crippen LogP contribution is 2.35. The molecule has 0 aliphatic heterocycles. The molecule has 2 aliphatic rings. The van der Waals surface area contributed by atoms with Gasteiger partial charge in [0.1, 0.15) is 23.5 Å². The van der Waals surface area contributed by atoms with Gasteiger partial charge in [0.25, 0.3) is 0 Å². The molecule has 2 heterocycles. The largest absolute Gasteiger partial charge is 0.573 e. The minimum absolute atomic E-state index is 0.109. The van der Waals surface area contributed by atoms with Gasteiger partial charge in [0.2, 0.25) is 5.91 Å². The highest BCUT2D eigenvalue weighted by molar-refractivity contribution is 5.87. The van der Waals surface area contributed by atoms with Crippen molar-refractivity contribution in [3.63, 3.8) is 0 Å². The minimum atomic E-state index is -4.84. The number of hydrogen-bond acceptors (Lipinski definition) is 8. The van der Waals surface area contributed by atoms with Crippen LogP contribution in [0.4, 0.5) is 26.3 Å². The lowest BCUT2D eigenvalue weighted by molar-refractivity contribution is -0.275. The Labute approximate surface area is 270 Å². The van der Waals surface area contributed by atoms with E-state index in [0.717, 1.165) is 41.4 Å². The fourth-order valence-corrected chi connectivity index (χ4v) is 5.97. The fraction of sp³-hybridized carbons (Fsp3) is 0.303. The van der Waals surface area contributed by atoms with Crippen LogP contribution in [0.3, 0.4) is 0 Å². The minimum Gasteiger partial charge on any atom is -0.406 e. The molecule has 2 aromatic carbocycles. The van der Waals surface area contributed by atoms with Gasteiger partial charge in [0.05, 0.1) is 17.9 Å². The molecule has 250 valence electrons. The van der Waals surface area contributed by atoms with Gasteiger partial charge in [0.15, 0.2) is 5.82 Å². The van der Waals surface area contributed by atoms with Crippen LogP contribution in [0, 0.1) is 0 Å². The van der Waals surface area contributed by atoms with Gasteiger partial charge in [0, 0.05) is 33.6 Å². The van der Waals surface area contributed by atoms with Crippen molar-refractivity contribution in [3.8, 4) is 34.0 Å². The van der Waals surface area contributed by atoms with E-state index in [4.69, 9.17) is 20.7 Å². The van der Waals surface area contributed by atoms with Crippen molar-refractivity contribution in [3.05, 3.63) is 95.3 Å².